The van der Waals surface area contributed by atoms with Crippen LogP contribution in [0.1, 0.15) is 24.2 Å². The molecule has 3 N–H and O–H groups in total. The fourth-order valence-electron chi connectivity index (χ4n) is 1.39. The Morgan fingerprint density at radius 1 is 1.41 bits per heavy atom. The topological polar surface area (TPSA) is 77.8 Å². The first-order valence-corrected chi connectivity index (χ1v) is 6.22. The smallest absolute Gasteiger partial charge is 0.185 e. The van der Waals surface area contributed by atoms with Crippen LogP contribution in [-0.2, 0) is 11.4 Å². The summed E-state index contributed by atoms with van der Waals surface area (Å²) in [5.41, 5.74) is 1.21. The Labute approximate surface area is 104 Å². The number of carbonyl (C=O) groups excluding carboxylic acids is 1. The summed E-state index contributed by atoms with van der Waals surface area (Å²) in [6.07, 6.45) is -2.05. The molecule has 2 atom stereocenters. The van der Waals surface area contributed by atoms with Gasteiger partial charge in [-0.05, 0) is 11.1 Å². The van der Waals surface area contributed by atoms with E-state index in [0.717, 1.165) is 11.8 Å². The molecule has 0 radical (unpaired) electrons. The molecule has 1 rings (SSSR count). The number of rotatable bonds is 5. The molecule has 0 saturated heterocycles. The fraction of sp³-hybridized carbons (Fsp3) is 0.417. The number of carbonyl (C=O) groups is 1. The summed E-state index contributed by atoms with van der Waals surface area (Å²) in [4.78, 5) is 10.7. The maximum absolute atomic E-state index is 10.7. The van der Waals surface area contributed by atoms with Crippen LogP contribution in [0.2, 0.25) is 0 Å². The van der Waals surface area contributed by atoms with Gasteiger partial charge in [0.15, 0.2) is 5.12 Å². The van der Waals surface area contributed by atoms with Crippen LogP contribution in [0, 0.1) is 0 Å². The standard InChI is InChI=1S/C12H16O4S/c1-8(14)17-7-11(15)12(16)10-4-2-3-9(5-10)6-13/h2-5,11-13,15-16H,6-7H2,1H3. The van der Waals surface area contributed by atoms with Crippen molar-refractivity contribution >= 4 is 16.9 Å². The third kappa shape index (κ3) is 4.47. The Morgan fingerprint density at radius 3 is 2.71 bits per heavy atom. The van der Waals surface area contributed by atoms with Gasteiger partial charge in [0.2, 0.25) is 0 Å². The van der Waals surface area contributed by atoms with E-state index >= 15 is 0 Å². The average Bonchev–Trinajstić information content (AvgIpc) is 2.35. The molecule has 0 fully saturated rings. The highest BCUT2D eigenvalue weighted by Gasteiger charge is 2.19. The molecule has 94 valence electrons. The normalized spacial score (nSPS) is 14.4. The lowest BCUT2D eigenvalue weighted by Gasteiger charge is -2.17. The lowest BCUT2D eigenvalue weighted by molar-refractivity contribution is -0.109. The van der Waals surface area contributed by atoms with Crippen LogP contribution in [0.25, 0.3) is 0 Å². The largest absolute Gasteiger partial charge is 0.392 e. The highest BCUT2D eigenvalue weighted by molar-refractivity contribution is 8.13. The van der Waals surface area contributed by atoms with E-state index in [0.29, 0.717) is 11.1 Å². The van der Waals surface area contributed by atoms with Crippen molar-refractivity contribution in [3.8, 4) is 0 Å². The van der Waals surface area contributed by atoms with Crippen molar-refractivity contribution in [3.63, 3.8) is 0 Å². The van der Waals surface area contributed by atoms with E-state index in [1.807, 2.05) is 0 Å². The molecule has 0 aliphatic rings. The summed E-state index contributed by atoms with van der Waals surface area (Å²) in [6, 6.07) is 6.74. The molecule has 0 aliphatic heterocycles. The highest BCUT2D eigenvalue weighted by atomic mass is 32.2. The minimum absolute atomic E-state index is 0.0969. The predicted molar refractivity (Wildman–Crippen MR) is 66.5 cm³/mol. The molecule has 0 saturated carbocycles. The van der Waals surface area contributed by atoms with Gasteiger partial charge in [-0.2, -0.15) is 0 Å². The van der Waals surface area contributed by atoms with Gasteiger partial charge < -0.3 is 15.3 Å². The molecular formula is C12H16O4S. The number of benzene rings is 1. The summed E-state index contributed by atoms with van der Waals surface area (Å²) < 4.78 is 0. The van der Waals surface area contributed by atoms with Gasteiger partial charge in [-0.1, -0.05) is 36.0 Å². The van der Waals surface area contributed by atoms with Crippen LogP contribution in [0.3, 0.4) is 0 Å². The van der Waals surface area contributed by atoms with Gasteiger partial charge in [0.05, 0.1) is 12.7 Å². The summed E-state index contributed by atoms with van der Waals surface area (Å²) in [5.74, 6) is 0.153. The SMILES string of the molecule is CC(=O)SCC(O)C(O)c1cccc(CO)c1. The Morgan fingerprint density at radius 2 is 2.12 bits per heavy atom. The predicted octanol–water partition coefficient (Wildman–Crippen LogP) is 0.853. The van der Waals surface area contributed by atoms with Crippen LogP contribution in [0.15, 0.2) is 24.3 Å². The van der Waals surface area contributed by atoms with Crippen LogP contribution in [-0.4, -0.2) is 32.3 Å². The number of hydrogen-bond acceptors (Lipinski definition) is 5. The first-order chi connectivity index (χ1) is 8.04. The summed E-state index contributed by atoms with van der Waals surface area (Å²) >= 11 is 0.974. The monoisotopic (exact) mass is 256 g/mol. The van der Waals surface area contributed by atoms with Crippen molar-refractivity contribution in [1.82, 2.24) is 0 Å². The zero-order valence-electron chi connectivity index (χ0n) is 9.54. The van der Waals surface area contributed by atoms with E-state index in [4.69, 9.17) is 5.11 Å². The number of aliphatic hydroxyl groups is 3. The van der Waals surface area contributed by atoms with E-state index in [-0.39, 0.29) is 17.5 Å². The summed E-state index contributed by atoms with van der Waals surface area (Å²) in [7, 11) is 0. The van der Waals surface area contributed by atoms with Gasteiger partial charge in [-0.15, -0.1) is 0 Å². The molecule has 2 unspecified atom stereocenters. The Kier molecular flexibility index (Phi) is 5.64. The summed E-state index contributed by atoms with van der Waals surface area (Å²) in [5, 5.41) is 28.4. The van der Waals surface area contributed by atoms with Gasteiger partial charge in [-0.3, -0.25) is 4.79 Å². The van der Waals surface area contributed by atoms with Crippen LogP contribution in [0.5, 0.6) is 0 Å². The molecule has 17 heavy (non-hydrogen) atoms. The molecule has 0 spiro atoms. The molecule has 0 amide bonds. The molecule has 5 heteroatoms. The summed E-state index contributed by atoms with van der Waals surface area (Å²) in [6.45, 7) is 1.30. The van der Waals surface area contributed by atoms with Gasteiger partial charge in [-0.25, -0.2) is 0 Å². The number of aliphatic hydroxyl groups excluding tert-OH is 3. The van der Waals surface area contributed by atoms with Crippen LogP contribution < -0.4 is 0 Å². The molecule has 0 bridgehead atoms. The third-order valence-electron chi connectivity index (χ3n) is 2.30. The lowest BCUT2D eigenvalue weighted by atomic mass is 10.0. The molecule has 0 aromatic heterocycles. The maximum Gasteiger partial charge on any atom is 0.185 e. The zero-order valence-corrected chi connectivity index (χ0v) is 10.4. The van der Waals surface area contributed by atoms with Gasteiger partial charge in [0.25, 0.3) is 0 Å². The Balaban J connectivity index is 2.66. The van der Waals surface area contributed by atoms with E-state index in [2.05, 4.69) is 0 Å². The minimum Gasteiger partial charge on any atom is -0.392 e. The molecule has 4 nitrogen and oxygen atoms in total. The molecule has 1 aromatic rings. The first-order valence-electron chi connectivity index (χ1n) is 5.23. The minimum atomic E-state index is -1.05. The van der Waals surface area contributed by atoms with Crippen molar-refractivity contribution in [1.29, 1.82) is 0 Å². The van der Waals surface area contributed by atoms with E-state index in [1.165, 1.54) is 6.92 Å². The second-order valence-electron chi connectivity index (χ2n) is 3.72. The molecule has 0 aliphatic carbocycles. The average molecular weight is 256 g/mol. The van der Waals surface area contributed by atoms with E-state index in [1.54, 1.807) is 24.3 Å². The van der Waals surface area contributed by atoms with Gasteiger partial charge in [0.1, 0.15) is 6.10 Å². The van der Waals surface area contributed by atoms with Gasteiger partial charge in [0, 0.05) is 12.7 Å². The molecule has 0 heterocycles. The van der Waals surface area contributed by atoms with E-state index < -0.39 is 12.2 Å². The van der Waals surface area contributed by atoms with Crippen molar-refractivity contribution in [2.45, 2.75) is 25.7 Å². The maximum atomic E-state index is 10.7. The van der Waals surface area contributed by atoms with Crippen LogP contribution >= 0.6 is 11.8 Å². The quantitative estimate of drug-likeness (QED) is 0.728. The van der Waals surface area contributed by atoms with Crippen molar-refractivity contribution in [3.05, 3.63) is 35.4 Å². The van der Waals surface area contributed by atoms with Crippen molar-refractivity contribution in [2.75, 3.05) is 5.75 Å². The number of thioether (sulfide) groups is 1. The van der Waals surface area contributed by atoms with Crippen molar-refractivity contribution < 1.29 is 20.1 Å². The van der Waals surface area contributed by atoms with E-state index in [9.17, 15) is 15.0 Å². The van der Waals surface area contributed by atoms with Crippen molar-refractivity contribution in [2.24, 2.45) is 0 Å². The Hall–Kier alpha value is -0.880. The Bertz CT molecular complexity index is 381. The lowest BCUT2D eigenvalue weighted by Crippen LogP contribution is -2.21. The van der Waals surface area contributed by atoms with Gasteiger partial charge >= 0.3 is 0 Å². The fourth-order valence-corrected chi connectivity index (χ4v) is 1.98. The second kappa shape index (κ2) is 6.76. The third-order valence-corrected chi connectivity index (χ3v) is 3.21. The second-order valence-corrected chi connectivity index (χ2v) is 4.91. The highest BCUT2D eigenvalue weighted by Crippen LogP contribution is 2.21. The first kappa shape index (κ1) is 14.2. The molecule has 1 aromatic carbocycles. The number of hydrogen-bond donors (Lipinski definition) is 3. The van der Waals surface area contributed by atoms with Crippen LogP contribution in [0.4, 0.5) is 0 Å². The zero-order chi connectivity index (χ0) is 12.8. The molecular weight excluding hydrogens is 240 g/mol.